The van der Waals surface area contributed by atoms with E-state index in [-0.39, 0.29) is 10.9 Å². The molecule has 1 heterocycles. The van der Waals surface area contributed by atoms with Crippen LogP contribution in [0, 0.1) is 11.2 Å². The first kappa shape index (κ1) is 15.3. The Morgan fingerprint density at radius 3 is 2.60 bits per heavy atom. The fraction of sp³-hybridized carbons (Fsp3) is 0.533. The number of halogens is 2. The third-order valence-corrected chi connectivity index (χ3v) is 4.66. The number of nitrogens with zero attached hydrogens (tertiary/aromatic N) is 1. The second-order valence-corrected chi connectivity index (χ2v) is 6.67. The van der Waals surface area contributed by atoms with Crippen molar-refractivity contribution < 1.29 is 14.3 Å². The zero-order valence-corrected chi connectivity index (χ0v) is 12.7. The Hall–Kier alpha value is -1.13. The summed E-state index contributed by atoms with van der Waals surface area (Å²) < 4.78 is 13.1. The summed E-state index contributed by atoms with van der Waals surface area (Å²) in [4.78, 5) is 14.1. The number of hydrogen-bond donors (Lipinski definition) is 1. The molecular weight excluding hydrogens is 281 g/mol. The Kier molecular flexibility index (Phi) is 3.82. The summed E-state index contributed by atoms with van der Waals surface area (Å²) in [5.74, 6) is -0.722. The third kappa shape index (κ3) is 2.67. The molecule has 1 aliphatic heterocycles. The highest BCUT2D eigenvalue weighted by atomic mass is 35.5. The van der Waals surface area contributed by atoms with Crippen LogP contribution >= 0.6 is 11.6 Å². The first-order valence-corrected chi connectivity index (χ1v) is 6.98. The van der Waals surface area contributed by atoms with E-state index in [9.17, 15) is 14.3 Å². The van der Waals surface area contributed by atoms with Gasteiger partial charge in [0.25, 0.3) is 5.91 Å². The van der Waals surface area contributed by atoms with E-state index in [0.717, 1.165) is 0 Å². The minimum atomic E-state index is -0.801. The summed E-state index contributed by atoms with van der Waals surface area (Å²) in [6, 6.07) is 3.98. The summed E-state index contributed by atoms with van der Waals surface area (Å²) in [6.07, 6.45) is 0.515. The van der Waals surface area contributed by atoms with Gasteiger partial charge < -0.3 is 10.0 Å². The Morgan fingerprint density at radius 1 is 1.40 bits per heavy atom. The van der Waals surface area contributed by atoms with Crippen molar-refractivity contribution >= 4 is 17.5 Å². The molecular formula is C15H19ClFNO2. The monoisotopic (exact) mass is 299 g/mol. The van der Waals surface area contributed by atoms with Gasteiger partial charge in [0.1, 0.15) is 5.82 Å². The molecule has 0 aromatic heterocycles. The van der Waals surface area contributed by atoms with Gasteiger partial charge in [-0.1, -0.05) is 25.4 Å². The Labute approximate surface area is 123 Å². The van der Waals surface area contributed by atoms with Crippen LogP contribution in [-0.4, -0.2) is 34.6 Å². The van der Waals surface area contributed by atoms with Gasteiger partial charge in [-0.25, -0.2) is 4.39 Å². The molecule has 3 nitrogen and oxygen atoms in total. The number of benzene rings is 1. The molecule has 1 aromatic carbocycles. The Balaban J connectivity index is 2.20. The number of likely N-dealkylation sites (tertiary alicyclic amines) is 1. The highest BCUT2D eigenvalue weighted by Crippen LogP contribution is 2.38. The van der Waals surface area contributed by atoms with Gasteiger partial charge >= 0.3 is 0 Å². The molecule has 1 atom stereocenters. The maximum absolute atomic E-state index is 13.1. The smallest absolute Gasteiger partial charge is 0.253 e. The molecule has 1 N–H and O–H groups in total. The Bertz CT molecular complexity index is 543. The fourth-order valence-electron chi connectivity index (χ4n) is 2.40. The van der Waals surface area contributed by atoms with Crippen LogP contribution in [0.15, 0.2) is 18.2 Å². The number of piperidine rings is 1. The molecule has 1 amide bonds. The van der Waals surface area contributed by atoms with Gasteiger partial charge in [0.15, 0.2) is 0 Å². The normalized spacial score (nSPS) is 25.6. The van der Waals surface area contributed by atoms with Crippen molar-refractivity contribution in [2.75, 3.05) is 13.1 Å². The van der Waals surface area contributed by atoms with Gasteiger partial charge in [0.05, 0.1) is 10.6 Å². The van der Waals surface area contributed by atoms with Crippen LogP contribution in [0.4, 0.5) is 4.39 Å². The molecule has 1 aliphatic rings. The van der Waals surface area contributed by atoms with Crippen LogP contribution in [0.5, 0.6) is 0 Å². The molecule has 0 spiro atoms. The van der Waals surface area contributed by atoms with E-state index < -0.39 is 16.8 Å². The maximum Gasteiger partial charge on any atom is 0.253 e. The van der Waals surface area contributed by atoms with Crippen molar-refractivity contribution in [2.45, 2.75) is 32.8 Å². The summed E-state index contributed by atoms with van der Waals surface area (Å²) >= 11 is 5.71. The minimum absolute atomic E-state index is 0.0564. The molecule has 110 valence electrons. The summed E-state index contributed by atoms with van der Waals surface area (Å²) in [5.41, 5.74) is -0.830. The lowest BCUT2D eigenvalue weighted by atomic mass is 9.71. The van der Waals surface area contributed by atoms with Gasteiger partial charge in [-0.15, -0.1) is 0 Å². The van der Waals surface area contributed by atoms with Gasteiger partial charge in [-0.2, -0.15) is 0 Å². The first-order chi connectivity index (χ1) is 9.14. The number of hydrogen-bond acceptors (Lipinski definition) is 2. The highest BCUT2D eigenvalue weighted by Gasteiger charge is 2.45. The molecule has 2 rings (SSSR count). The van der Waals surface area contributed by atoms with Crippen LogP contribution < -0.4 is 0 Å². The minimum Gasteiger partial charge on any atom is -0.389 e. The molecule has 0 bridgehead atoms. The topological polar surface area (TPSA) is 40.5 Å². The van der Waals surface area contributed by atoms with E-state index in [1.807, 2.05) is 13.8 Å². The summed E-state index contributed by atoms with van der Waals surface area (Å²) in [6.45, 7) is 6.59. The molecule has 0 aliphatic carbocycles. The van der Waals surface area contributed by atoms with Crippen LogP contribution in [0.3, 0.4) is 0 Å². The lowest BCUT2D eigenvalue weighted by Crippen LogP contribution is -2.57. The van der Waals surface area contributed by atoms with Crippen molar-refractivity contribution in [3.63, 3.8) is 0 Å². The molecule has 1 saturated heterocycles. The molecule has 0 radical (unpaired) electrons. The quantitative estimate of drug-likeness (QED) is 0.865. The summed E-state index contributed by atoms with van der Waals surface area (Å²) in [5, 5.41) is 10.3. The molecule has 20 heavy (non-hydrogen) atoms. The lowest BCUT2D eigenvalue weighted by Gasteiger charge is -2.48. The largest absolute Gasteiger partial charge is 0.389 e. The van der Waals surface area contributed by atoms with Crippen molar-refractivity contribution in [2.24, 2.45) is 5.41 Å². The van der Waals surface area contributed by atoms with E-state index in [1.165, 1.54) is 18.2 Å². The highest BCUT2D eigenvalue weighted by molar-refractivity contribution is 6.31. The van der Waals surface area contributed by atoms with Crippen molar-refractivity contribution in [3.05, 3.63) is 34.6 Å². The third-order valence-electron chi connectivity index (χ3n) is 4.37. The summed E-state index contributed by atoms with van der Waals surface area (Å²) in [7, 11) is 0. The second kappa shape index (κ2) is 5.01. The fourth-order valence-corrected chi connectivity index (χ4v) is 2.58. The van der Waals surface area contributed by atoms with Gasteiger partial charge in [-0.05, 0) is 31.5 Å². The van der Waals surface area contributed by atoms with Gasteiger partial charge in [0, 0.05) is 24.1 Å². The van der Waals surface area contributed by atoms with E-state index in [1.54, 1.807) is 11.8 Å². The zero-order chi connectivity index (χ0) is 15.1. The zero-order valence-electron chi connectivity index (χ0n) is 11.9. The molecule has 1 fully saturated rings. The second-order valence-electron chi connectivity index (χ2n) is 6.26. The molecule has 5 heteroatoms. The Morgan fingerprint density at radius 2 is 2.05 bits per heavy atom. The lowest BCUT2D eigenvalue weighted by molar-refractivity contribution is -0.0971. The molecule has 0 saturated carbocycles. The van der Waals surface area contributed by atoms with Crippen molar-refractivity contribution in [1.29, 1.82) is 0 Å². The SMILES string of the molecule is CC1(C)CN(C(=O)c2ccc(F)c(Cl)c2)CC[C@@]1(C)O. The predicted molar refractivity (Wildman–Crippen MR) is 76.3 cm³/mol. The van der Waals surface area contributed by atoms with Crippen LogP contribution in [-0.2, 0) is 0 Å². The molecule has 1 aromatic rings. The maximum atomic E-state index is 13.1. The standard InChI is InChI=1S/C15H19ClFNO2/c1-14(2)9-18(7-6-15(14,3)20)13(19)10-4-5-12(17)11(16)8-10/h4-5,8,20H,6-7,9H2,1-3H3/t15-/m1/s1. The molecule has 0 unspecified atom stereocenters. The van der Waals surface area contributed by atoms with Gasteiger partial charge in [0.2, 0.25) is 0 Å². The number of rotatable bonds is 1. The van der Waals surface area contributed by atoms with Crippen LogP contribution in [0.25, 0.3) is 0 Å². The van der Waals surface area contributed by atoms with E-state index in [0.29, 0.717) is 25.1 Å². The van der Waals surface area contributed by atoms with E-state index >= 15 is 0 Å². The number of carbonyl (C=O) groups excluding carboxylic acids is 1. The predicted octanol–water partition coefficient (Wildman–Crippen LogP) is 3.10. The number of amides is 1. The van der Waals surface area contributed by atoms with E-state index in [4.69, 9.17) is 11.6 Å². The first-order valence-electron chi connectivity index (χ1n) is 6.61. The van der Waals surface area contributed by atoms with Crippen LogP contribution in [0.1, 0.15) is 37.6 Å². The van der Waals surface area contributed by atoms with Crippen molar-refractivity contribution in [3.8, 4) is 0 Å². The number of aliphatic hydroxyl groups is 1. The average molecular weight is 300 g/mol. The van der Waals surface area contributed by atoms with E-state index in [2.05, 4.69) is 0 Å². The number of carbonyl (C=O) groups is 1. The van der Waals surface area contributed by atoms with Gasteiger partial charge in [-0.3, -0.25) is 4.79 Å². The van der Waals surface area contributed by atoms with Crippen LogP contribution in [0.2, 0.25) is 5.02 Å². The van der Waals surface area contributed by atoms with Crippen molar-refractivity contribution in [1.82, 2.24) is 4.90 Å². The average Bonchev–Trinajstić information content (AvgIpc) is 2.35.